The Kier molecular flexibility index (Phi) is 7.39. The second-order valence-electron chi connectivity index (χ2n) is 8.17. The number of hydrogen-bond acceptors (Lipinski definition) is 5. The van der Waals surface area contributed by atoms with Gasteiger partial charge in [0.05, 0.1) is 11.8 Å². The maximum Gasteiger partial charge on any atom is 0.276 e. The molecular formula is C26H27N3O5. The highest BCUT2D eigenvalue weighted by Gasteiger charge is 2.33. The van der Waals surface area contributed by atoms with Gasteiger partial charge in [-0.25, -0.2) is 5.48 Å². The maximum atomic E-state index is 13.1. The Labute approximate surface area is 197 Å². The second-order valence-corrected chi connectivity index (χ2v) is 8.17. The predicted octanol–water partition coefficient (Wildman–Crippen LogP) is 3.90. The average molecular weight is 462 g/mol. The number of nitrogens with zero attached hydrogens (tertiary/aromatic N) is 2. The highest BCUT2D eigenvalue weighted by Crippen LogP contribution is 2.24. The Balaban J connectivity index is 1.47. The number of anilines is 1. The molecule has 0 saturated carbocycles. The summed E-state index contributed by atoms with van der Waals surface area (Å²) in [5.41, 5.74) is 4.37. The van der Waals surface area contributed by atoms with Crippen LogP contribution >= 0.6 is 0 Å². The van der Waals surface area contributed by atoms with Crippen molar-refractivity contribution in [1.82, 2.24) is 10.0 Å². The zero-order chi connectivity index (χ0) is 23.9. The highest BCUT2D eigenvalue weighted by molar-refractivity contribution is 6.15. The minimum Gasteiger partial charge on any atom is -0.480 e. The molecular weight excluding hydrogens is 434 g/mol. The largest absolute Gasteiger partial charge is 0.480 e. The fourth-order valence-corrected chi connectivity index (χ4v) is 4.09. The first kappa shape index (κ1) is 23.3. The molecule has 4 rings (SSSR count). The van der Waals surface area contributed by atoms with Crippen molar-refractivity contribution < 1.29 is 24.3 Å². The summed E-state index contributed by atoms with van der Waals surface area (Å²) < 4.78 is 7.33. The molecule has 8 nitrogen and oxygen atoms in total. The molecule has 34 heavy (non-hydrogen) atoms. The van der Waals surface area contributed by atoms with Crippen LogP contribution in [0.15, 0.2) is 73.1 Å². The predicted molar refractivity (Wildman–Crippen MR) is 128 cm³/mol. The number of amides is 2. The molecule has 2 heterocycles. The van der Waals surface area contributed by atoms with E-state index in [2.05, 4.69) is 22.8 Å². The van der Waals surface area contributed by atoms with E-state index in [1.807, 2.05) is 42.6 Å². The highest BCUT2D eigenvalue weighted by atomic mass is 16.5. The van der Waals surface area contributed by atoms with Gasteiger partial charge in [0.2, 0.25) is 17.8 Å². The lowest BCUT2D eigenvalue weighted by atomic mass is 10.1. The molecule has 0 bridgehead atoms. The molecule has 0 spiro atoms. The van der Waals surface area contributed by atoms with E-state index in [4.69, 9.17) is 9.94 Å². The van der Waals surface area contributed by atoms with Crippen LogP contribution in [0.1, 0.15) is 32.1 Å². The van der Waals surface area contributed by atoms with E-state index < -0.39 is 17.9 Å². The summed E-state index contributed by atoms with van der Waals surface area (Å²) in [6.45, 7) is 0.421. The monoisotopic (exact) mass is 461 g/mol. The van der Waals surface area contributed by atoms with Crippen molar-refractivity contribution >= 4 is 34.2 Å². The molecule has 1 unspecified atom stereocenters. The Hall–Kier alpha value is -3.91. The number of para-hydroxylation sites is 1. The second kappa shape index (κ2) is 10.8. The quantitative estimate of drug-likeness (QED) is 0.206. The van der Waals surface area contributed by atoms with Crippen molar-refractivity contribution in [1.29, 1.82) is 0 Å². The topological polar surface area (TPSA) is 101 Å². The van der Waals surface area contributed by atoms with Crippen molar-refractivity contribution in [3.8, 4) is 5.69 Å². The van der Waals surface area contributed by atoms with Gasteiger partial charge in [-0.1, -0.05) is 31.0 Å². The third-order valence-corrected chi connectivity index (χ3v) is 5.89. The van der Waals surface area contributed by atoms with Crippen LogP contribution in [-0.2, 0) is 19.1 Å². The summed E-state index contributed by atoms with van der Waals surface area (Å²) in [7, 11) is 0. The Morgan fingerprint density at radius 1 is 1.00 bits per heavy atom. The number of hydroxylamine groups is 1. The van der Waals surface area contributed by atoms with E-state index in [9.17, 15) is 14.4 Å². The number of carbonyl (C=O) groups is 3. The number of ketones is 1. The normalized spacial score (nSPS) is 14.9. The zero-order valence-electron chi connectivity index (χ0n) is 18.7. The van der Waals surface area contributed by atoms with E-state index in [1.165, 1.54) is 12.3 Å². The Morgan fingerprint density at radius 3 is 2.50 bits per heavy atom. The number of aromatic nitrogens is 1. The van der Waals surface area contributed by atoms with E-state index in [1.54, 1.807) is 10.4 Å². The van der Waals surface area contributed by atoms with Gasteiger partial charge < -0.3 is 14.2 Å². The van der Waals surface area contributed by atoms with E-state index >= 15 is 0 Å². The molecule has 0 saturated heterocycles. The summed E-state index contributed by atoms with van der Waals surface area (Å²) in [5.74, 6) is -1.16. The summed E-state index contributed by atoms with van der Waals surface area (Å²) in [4.78, 5) is 37.9. The van der Waals surface area contributed by atoms with Crippen LogP contribution in [0.5, 0.6) is 0 Å². The fraction of sp³-hybridized carbons (Fsp3) is 0.269. The summed E-state index contributed by atoms with van der Waals surface area (Å²) in [6, 6.07) is 17.8. The number of unbranched alkanes of at least 4 members (excludes halogenated alkanes) is 3. The third-order valence-electron chi connectivity index (χ3n) is 5.89. The van der Waals surface area contributed by atoms with Gasteiger partial charge in [-0.2, -0.15) is 0 Å². The molecule has 2 amide bonds. The van der Waals surface area contributed by atoms with Crippen LogP contribution in [0.2, 0.25) is 0 Å². The minimum absolute atomic E-state index is 0.255. The van der Waals surface area contributed by atoms with Crippen LogP contribution in [-0.4, -0.2) is 40.0 Å². The lowest BCUT2D eigenvalue weighted by Crippen LogP contribution is -2.42. The van der Waals surface area contributed by atoms with Crippen molar-refractivity contribution in [2.24, 2.45) is 0 Å². The van der Waals surface area contributed by atoms with Gasteiger partial charge in [0, 0.05) is 36.6 Å². The summed E-state index contributed by atoms with van der Waals surface area (Å²) >= 11 is 0. The van der Waals surface area contributed by atoms with Crippen LogP contribution in [0.4, 0.5) is 5.69 Å². The van der Waals surface area contributed by atoms with E-state index in [0.717, 1.165) is 29.4 Å². The van der Waals surface area contributed by atoms with E-state index in [0.29, 0.717) is 25.1 Å². The van der Waals surface area contributed by atoms with Gasteiger partial charge in [-0.15, -0.1) is 0 Å². The van der Waals surface area contributed by atoms with Crippen LogP contribution in [0.3, 0.4) is 0 Å². The van der Waals surface area contributed by atoms with Gasteiger partial charge in [-0.05, 0) is 54.6 Å². The van der Waals surface area contributed by atoms with E-state index in [-0.39, 0.29) is 12.2 Å². The third kappa shape index (κ3) is 5.18. The molecule has 2 N–H and O–H groups in total. The molecule has 0 radical (unpaired) electrons. The molecule has 0 fully saturated rings. The van der Waals surface area contributed by atoms with Crippen molar-refractivity contribution in [2.75, 3.05) is 11.4 Å². The number of rotatable bonds is 10. The lowest BCUT2D eigenvalue weighted by Gasteiger charge is -2.25. The summed E-state index contributed by atoms with van der Waals surface area (Å²) in [5, 5.41) is 9.71. The van der Waals surface area contributed by atoms with Gasteiger partial charge in [0.25, 0.3) is 5.91 Å². The van der Waals surface area contributed by atoms with Gasteiger partial charge in [0.15, 0.2) is 0 Å². The minimum atomic E-state index is -1.15. The average Bonchev–Trinajstić information content (AvgIpc) is 3.49. The van der Waals surface area contributed by atoms with Gasteiger partial charge >= 0.3 is 0 Å². The van der Waals surface area contributed by atoms with Crippen LogP contribution < -0.4 is 10.4 Å². The smallest absolute Gasteiger partial charge is 0.276 e. The number of fused-ring (bicyclic) bond motifs is 1. The molecule has 1 atom stereocenters. The molecule has 0 aliphatic carbocycles. The van der Waals surface area contributed by atoms with Crippen LogP contribution in [0.25, 0.3) is 16.6 Å². The maximum absolute atomic E-state index is 13.1. The van der Waals surface area contributed by atoms with Gasteiger partial charge in [-0.3, -0.25) is 19.6 Å². The van der Waals surface area contributed by atoms with Crippen molar-refractivity contribution in [2.45, 2.75) is 38.2 Å². The standard InChI is InChI=1S/C26H27N3O5/c30-23-15-18-34-25(23)26(32)29(16-6-2-1-3-9-24(31)27-33)21-12-10-20(11-13-21)28-17-14-19-7-4-5-8-22(19)28/h4-5,7-8,10-15,17-18,25,33H,1-3,6,9,16H2,(H,27,31). The molecule has 1 aliphatic rings. The number of hydrogen-bond donors (Lipinski definition) is 2. The number of benzene rings is 2. The molecule has 1 aliphatic heterocycles. The molecule has 2 aromatic carbocycles. The SMILES string of the molecule is O=C(CCCCCCN(C(=O)C1OC=CC1=O)c1ccc(-n2ccc3ccccc32)cc1)NO. The number of ether oxygens (including phenoxy) is 1. The fourth-order valence-electron chi connectivity index (χ4n) is 4.09. The first-order valence-corrected chi connectivity index (χ1v) is 11.3. The first-order chi connectivity index (χ1) is 16.6. The first-order valence-electron chi connectivity index (χ1n) is 11.3. The van der Waals surface area contributed by atoms with Crippen molar-refractivity contribution in [3.63, 3.8) is 0 Å². The number of nitrogens with one attached hydrogen (secondary N) is 1. The zero-order valence-corrected chi connectivity index (χ0v) is 18.7. The Morgan fingerprint density at radius 2 is 1.76 bits per heavy atom. The Bertz CT molecular complexity index is 1200. The lowest BCUT2D eigenvalue weighted by molar-refractivity contribution is -0.134. The molecule has 3 aromatic rings. The molecule has 1 aromatic heterocycles. The molecule has 176 valence electrons. The summed E-state index contributed by atoms with van der Waals surface area (Å²) in [6.07, 6.45) is 6.58. The van der Waals surface area contributed by atoms with Crippen molar-refractivity contribution in [3.05, 3.63) is 73.1 Å². The van der Waals surface area contributed by atoms with Crippen LogP contribution in [0, 0.1) is 0 Å². The number of carbonyl (C=O) groups excluding carboxylic acids is 3. The molecule has 8 heteroatoms. The van der Waals surface area contributed by atoms with Gasteiger partial charge in [0.1, 0.15) is 0 Å².